The zero-order chi connectivity index (χ0) is 13.9. The summed E-state index contributed by atoms with van der Waals surface area (Å²) in [5.41, 5.74) is 2.56. The van der Waals surface area contributed by atoms with Crippen LogP contribution in [0.1, 0.15) is 11.1 Å². The minimum Gasteiger partial charge on any atom is -0.488 e. The van der Waals surface area contributed by atoms with E-state index in [4.69, 9.17) is 4.74 Å². The number of pyridine rings is 1. The van der Waals surface area contributed by atoms with Gasteiger partial charge in [0.2, 0.25) is 0 Å². The van der Waals surface area contributed by atoms with Crippen molar-refractivity contribution in [1.82, 2.24) is 4.98 Å². The second-order valence-electron chi connectivity index (χ2n) is 4.67. The molecule has 1 amide bonds. The van der Waals surface area contributed by atoms with Gasteiger partial charge in [-0.25, -0.2) is 4.98 Å². The highest BCUT2D eigenvalue weighted by molar-refractivity contribution is 6.07. The molecule has 0 aliphatic carbocycles. The summed E-state index contributed by atoms with van der Waals surface area (Å²) in [5.74, 6) is 1.17. The Kier molecular flexibility index (Phi) is 3.21. The lowest BCUT2D eigenvalue weighted by molar-refractivity contribution is -0.113. The molecular weight excluding hydrogens is 252 g/mol. The first-order valence-electron chi connectivity index (χ1n) is 6.39. The van der Waals surface area contributed by atoms with Gasteiger partial charge in [-0.15, -0.1) is 0 Å². The van der Waals surface area contributed by atoms with Gasteiger partial charge in [-0.2, -0.15) is 0 Å². The van der Waals surface area contributed by atoms with Crippen LogP contribution in [0.5, 0.6) is 5.75 Å². The van der Waals surface area contributed by atoms with Crippen molar-refractivity contribution < 1.29 is 9.53 Å². The molecule has 2 heterocycles. The molecule has 0 spiro atoms. The van der Waals surface area contributed by atoms with Crippen molar-refractivity contribution in [2.45, 2.75) is 6.92 Å². The van der Waals surface area contributed by atoms with Gasteiger partial charge in [0, 0.05) is 11.8 Å². The van der Waals surface area contributed by atoms with E-state index in [9.17, 15) is 4.79 Å². The molecule has 0 fully saturated rings. The van der Waals surface area contributed by atoms with E-state index in [-0.39, 0.29) is 12.5 Å². The van der Waals surface area contributed by atoms with Crippen molar-refractivity contribution in [3.8, 4) is 5.75 Å². The van der Waals surface area contributed by atoms with Gasteiger partial charge in [0.05, 0.1) is 5.57 Å². The summed E-state index contributed by atoms with van der Waals surface area (Å²) in [4.78, 5) is 16.3. The maximum atomic E-state index is 12.2. The average molecular weight is 266 g/mol. The van der Waals surface area contributed by atoms with Gasteiger partial charge >= 0.3 is 0 Å². The van der Waals surface area contributed by atoms with Gasteiger partial charge in [-0.05, 0) is 36.8 Å². The first-order chi connectivity index (χ1) is 9.72. The molecule has 1 aliphatic heterocycles. The maximum absolute atomic E-state index is 12.2. The van der Waals surface area contributed by atoms with E-state index in [1.54, 1.807) is 6.20 Å². The van der Waals surface area contributed by atoms with Crippen LogP contribution in [-0.4, -0.2) is 17.5 Å². The van der Waals surface area contributed by atoms with Crippen molar-refractivity contribution in [3.63, 3.8) is 0 Å². The van der Waals surface area contributed by atoms with Crippen LogP contribution in [0.2, 0.25) is 0 Å². The number of para-hydroxylation sites is 1. The lowest BCUT2D eigenvalue weighted by atomic mass is 10.1. The average Bonchev–Trinajstić information content (AvgIpc) is 2.47. The van der Waals surface area contributed by atoms with Gasteiger partial charge in [0.1, 0.15) is 18.2 Å². The van der Waals surface area contributed by atoms with Crippen molar-refractivity contribution >= 4 is 17.8 Å². The number of aromatic nitrogens is 1. The van der Waals surface area contributed by atoms with Crippen LogP contribution in [0.4, 0.5) is 5.82 Å². The number of fused-ring (bicyclic) bond motifs is 1. The largest absolute Gasteiger partial charge is 0.488 e. The number of hydrogen-bond acceptors (Lipinski definition) is 3. The molecule has 4 nitrogen and oxygen atoms in total. The molecule has 1 aromatic heterocycles. The number of ether oxygens (including phenoxy) is 1. The second kappa shape index (κ2) is 5.17. The molecule has 1 aliphatic rings. The molecule has 20 heavy (non-hydrogen) atoms. The first kappa shape index (κ1) is 12.4. The molecule has 2 aromatic rings. The Labute approximate surface area is 117 Å². The topological polar surface area (TPSA) is 51.2 Å². The summed E-state index contributed by atoms with van der Waals surface area (Å²) in [7, 11) is 0. The molecule has 0 radical (unpaired) electrons. The highest BCUT2D eigenvalue weighted by Gasteiger charge is 2.17. The van der Waals surface area contributed by atoms with Gasteiger partial charge in [-0.3, -0.25) is 4.79 Å². The number of hydrogen-bond donors (Lipinski definition) is 1. The van der Waals surface area contributed by atoms with E-state index < -0.39 is 0 Å². The van der Waals surface area contributed by atoms with Crippen LogP contribution < -0.4 is 10.1 Å². The van der Waals surface area contributed by atoms with Gasteiger partial charge in [-0.1, -0.05) is 18.2 Å². The number of amides is 1. The second-order valence-corrected chi connectivity index (χ2v) is 4.67. The Morgan fingerprint density at radius 1 is 1.30 bits per heavy atom. The van der Waals surface area contributed by atoms with Crippen LogP contribution in [0.15, 0.2) is 48.2 Å². The fraction of sp³-hybridized carbons (Fsp3) is 0.125. The molecule has 0 saturated heterocycles. The first-order valence-corrected chi connectivity index (χ1v) is 6.39. The van der Waals surface area contributed by atoms with E-state index in [0.29, 0.717) is 11.4 Å². The third kappa shape index (κ3) is 2.54. The molecular formula is C16H14N2O2. The predicted octanol–water partition coefficient (Wildman–Crippen LogP) is 2.80. The third-order valence-corrected chi connectivity index (χ3v) is 3.08. The Morgan fingerprint density at radius 3 is 3.00 bits per heavy atom. The van der Waals surface area contributed by atoms with E-state index >= 15 is 0 Å². The molecule has 4 heteroatoms. The molecule has 1 aromatic carbocycles. The number of nitrogens with zero attached hydrogens (tertiary/aromatic N) is 1. The van der Waals surface area contributed by atoms with E-state index in [2.05, 4.69) is 10.3 Å². The Hall–Kier alpha value is -2.62. The highest BCUT2D eigenvalue weighted by Crippen LogP contribution is 2.26. The van der Waals surface area contributed by atoms with E-state index in [1.165, 1.54) is 0 Å². The van der Waals surface area contributed by atoms with Gasteiger partial charge in [0.15, 0.2) is 0 Å². The monoisotopic (exact) mass is 266 g/mol. The summed E-state index contributed by atoms with van der Waals surface area (Å²) in [5, 5.41) is 2.78. The van der Waals surface area contributed by atoms with Crippen LogP contribution in [0, 0.1) is 6.92 Å². The Balaban J connectivity index is 1.80. The summed E-state index contributed by atoms with van der Waals surface area (Å²) in [6.45, 7) is 2.23. The molecule has 0 atom stereocenters. The zero-order valence-corrected chi connectivity index (χ0v) is 11.1. The summed E-state index contributed by atoms with van der Waals surface area (Å²) < 4.78 is 5.57. The number of aryl methyl sites for hydroxylation is 1. The molecule has 0 bridgehead atoms. The van der Waals surface area contributed by atoms with E-state index in [1.807, 2.05) is 49.4 Å². The van der Waals surface area contributed by atoms with Crippen molar-refractivity contribution in [2.75, 3.05) is 11.9 Å². The van der Waals surface area contributed by atoms with Gasteiger partial charge < -0.3 is 10.1 Å². The molecule has 1 N–H and O–H groups in total. The fourth-order valence-electron chi connectivity index (χ4n) is 2.05. The minimum atomic E-state index is -0.183. The minimum absolute atomic E-state index is 0.183. The lowest BCUT2D eigenvalue weighted by Crippen LogP contribution is -2.21. The number of carbonyl (C=O) groups is 1. The lowest BCUT2D eigenvalue weighted by Gasteiger charge is -2.17. The smallest absolute Gasteiger partial charge is 0.256 e. The number of anilines is 1. The summed E-state index contributed by atoms with van der Waals surface area (Å²) in [6.07, 6.45) is 3.52. The Bertz CT molecular complexity index is 692. The summed E-state index contributed by atoms with van der Waals surface area (Å²) in [6, 6.07) is 11.4. The standard InChI is InChI=1S/C16H14N2O2/c1-11-6-7-17-15(8-11)18-16(19)13-9-12-4-2-3-5-14(12)20-10-13/h2-9H,10H2,1H3,(H,17,18,19). The van der Waals surface area contributed by atoms with Crippen LogP contribution in [0.3, 0.4) is 0 Å². The quantitative estimate of drug-likeness (QED) is 0.909. The predicted molar refractivity (Wildman–Crippen MR) is 77.5 cm³/mol. The highest BCUT2D eigenvalue weighted by atomic mass is 16.5. The summed E-state index contributed by atoms with van der Waals surface area (Å²) >= 11 is 0. The number of nitrogens with one attached hydrogen (secondary N) is 1. The number of carbonyl (C=O) groups excluding carboxylic acids is 1. The van der Waals surface area contributed by atoms with Crippen LogP contribution >= 0.6 is 0 Å². The normalized spacial score (nSPS) is 12.9. The number of benzene rings is 1. The van der Waals surface area contributed by atoms with Crippen molar-refractivity contribution in [1.29, 1.82) is 0 Å². The molecule has 3 rings (SSSR count). The van der Waals surface area contributed by atoms with Crippen molar-refractivity contribution in [2.24, 2.45) is 0 Å². The van der Waals surface area contributed by atoms with Gasteiger partial charge in [0.25, 0.3) is 5.91 Å². The van der Waals surface area contributed by atoms with Crippen LogP contribution in [-0.2, 0) is 4.79 Å². The Morgan fingerprint density at radius 2 is 2.15 bits per heavy atom. The van der Waals surface area contributed by atoms with Crippen LogP contribution in [0.25, 0.3) is 6.08 Å². The molecule has 0 unspecified atom stereocenters. The SMILES string of the molecule is Cc1ccnc(NC(=O)C2=Cc3ccccc3OC2)c1. The zero-order valence-electron chi connectivity index (χ0n) is 11.1. The van der Waals surface area contributed by atoms with Crippen molar-refractivity contribution in [3.05, 3.63) is 59.3 Å². The molecule has 0 saturated carbocycles. The third-order valence-electron chi connectivity index (χ3n) is 3.08. The maximum Gasteiger partial charge on any atom is 0.256 e. The van der Waals surface area contributed by atoms with E-state index in [0.717, 1.165) is 16.9 Å². The number of rotatable bonds is 2. The molecule has 100 valence electrons. The fourth-order valence-corrected chi connectivity index (χ4v) is 2.05.